The monoisotopic (exact) mass is 249 g/mol. The largest absolute Gasteiger partial charge is 0.478 e. The number of carboxylic acids is 1. The lowest BCUT2D eigenvalue weighted by molar-refractivity contribution is 0.0692. The molecule has 0 spiro atoms. The van der Waals surface area contributed by atoms with Crippen LogP contribution < -0.4 is 5.32 Å². The van der Waals surface area contributed by atoms with Crippen LogP contribution in [0.3, 0.4) is 0 Å². The Bertz CT molecular complexity index is 471. The molecule has 2 N–H and O–H groups in total. The Hall–Kier alpha value is -1.68. The van der Waals surface area contributed by atoms with Gasteiger partial charge >= 0.3 is 5.97 Å². The smallest absolute Gasteiger partial charge is 0.338 e. The van der Waals surface area contributed by atoms with Crippen LogP contribution in [0.5, 0.6) is 0 Å². The van der Waals surface area contributed by atoms with Gasteiger partial charge in [-0.15, -0.1) is 0 Å². The molecule has 0 bridgehead atoms. The average Bonchev–Trinajstić information content (AvgIpc) is 2.37. The van der Waals surface area contributed by atoms with Crippen LogP contribution in [0.1, 0.15) is 35.2 Å². The number of hydrogen-bond donors (Lipinski definition) is 2. The van der Waals surface area contributed by atoms with Crippen molar-refractivity contribution < 1.29 is 14.3 Å². The number of hydrogen-bond acceptors (Lipinski definition) is 2. The molecule has 0 saturated carbocycles. The van der Waals surface area contributed by atoms with Crippen molar-refractivity contribution in [2.45, 2.75) is 31.8 Å². The third-order valence-corrected chi connectivity index (χ3v) is 3.13. The van der Waals surface area contributed by atoms with Crippen molar-refractivity contribution in [2.75, 3.05) is 0 Å². The fraction of sp³-hybridized carbons (Fsp3) is 0.357. The highest BCUT2D eigenvalue weighted by atomic mass is 19.1. The zero-order valence-corrected chi connectivity index (χ0v) is 10.0. The van der Waals surface area contributed by atoms with Crippen LogP contribution in [0.2, 0.25) is 0 Å². The summed E-state index contributed by atoms with van der Waals surface area (Å²) in [6, 6.07) is 4.68. The highest BCUT2D eigenvalue weighted by Gasteiger charge is 2.12. The Balaban J connectivity index is 1.95. The maximum atomic E-state index is 13.4. The van der Waals surface area contributed by atoms with E-state index in [1.54, 1.807) is 6.07 Å². The molecule has 3 nitrogen and oxygen atoms in total. The molecule has 1 aliphatic rings. The molecule has 0 amide bonds. The first-order valence-corrected chi connectivity index (χ1v) is 6.07. The number of carbonyl (C=O) groups is 1. The normalized spacial score (nSPS) is 18.8. The van der Waals surface area contributed by atoms with Gasteiger partial charge in [-0.25, -0.2) is 9.18 Å². The molecule has 0 fully saturated rings. The van der Waals surface area contributed by atoms with E-state index in [4.69, 9.17) is 5.11 Å². The molecule has 96 valence electrons. The molecule has 0 heterocycles. The highest BCUT2D eigenvalue weighted by Crippen LogP contribution is 2.13. The summed E-state index contributed by atoms with van der Waals surface area (Å²) >= 11 is 0. The molecule has 0 saturated heterocycles. The SMILES string of the molecule is O=C(O)c1ccc(CNC2CC=CCC2)cc1F. The van der Waals surface area contributed by atoms with Gasteiger partial charge in [0.2, 0.25) is 0 Å². The van der Waals surface area contributed by atoms with E-state index in [2.05, 4.69) is 17.5 Å². The van der Waals surface area contributed by atoms with E-state index in [9.17, 15) is 9.18 Å². The molecule has 1 unspecified atom stereocenters. The fourth-order valence-electron chi connectivity index (χ4n) is 2.08. The quantitative estimate of drug-likeness (QED) is 0.807. The predicted molar refractivity (Wildman–Crippen MR) is 67.0 cm³/mol. The number of halogens is 1. The van der Waals surface area contributed by atoms with Crippen LogP contribution in [-0.4, -0.2) is 17.1 Å². The second-order valence-electron chi connectivity index (χ2n) is 4.48. The van der Waals surface area contributed by atoms with Crippen LogP contribution in [0.4, 0.5) is 4.39 Å². The maximum Gasteiger partial charge on any atom is 0.338 e. The number of nitrogens with one attached hydrogen (secondary N) is 1. The fourth-order valence-corrected chi connectivity index (χ4v) is 2.08. The summed E-state index contributed by atoms with van der Waals surface area (Å²) in [7, 11) is 0. The summed E-state index contributed by atoms with van der Waals surface area (Å²) in [4.78, 5) is 10.7. The lowest BCUT2D eigenvalue weighted by Crippen LogP contribution is -2.29. The van der Waals surface area contributed by atoms with Gasteiger partial charge in [-0.05, 0) is 37.0 Å². The second kappa shape index (κ2) is 5.78. The Kier molecular flexibility index (Phi) is 4.10. The van der Waals surface area contributed by atoms with Crippen molar-refractivity contribution in [3.63, 3.8) is 0 Å². The first-order valence-electron chi connectivity index (χ1n) is 6.07. The zero-order chi connectivity index (χ0) is 13.0. The molecular weight excluding hydrogens is 233 g/mol. The average molecular weight is 249 g/mol. The summed E-state index contributed by atoms with van der Waals surface area (Å²) in [6.07, 6.45) is 7.47. The minimum Gasteiger partial charge on any atom is -0.478 e. The lowest BCUT2D eigenvalue weighted by Gasteiger charge is -2.19. The number of allylic oxidation sites excluding steroid dienone is 1. The van der Waals surface area contributed by atoms with Gasteiger partial charge in [-0.3, -0.25) is 0 Å². The zero-order valence-electron chi connectivity index (χ0n) is 10.0. The van der Waals surface area contributed by atoms with Gasteiger partial charge in [0.05, 0.1) is 5.56 Å². The van der Waals surface area contributed by atoms with E-state index < -0.39 is 11.8 Å². The summed E-state index contributed by atoms with van der Waals surface area (Å²) in [5, 5.41) is 12.1. The van der Waals surface area contributed by atoms with Gasteiger partial charge in [0.1, 0.15) is 5.82 Å². The molecule has 0 aromatic heterocycles. The summed E-state index contributed by atoms with van der Waals surface area (Å²) in [5.41, 5.74) is 0.492. The Morgan fingerprint density at radius 1 is 1.44 bits per heavy atom. The van der Waals surface area contributed by atoms with Crippen LogP contribution in [0.15, 0.2) is 30.4 Å². The standard InChI is InChI=1S/C14H16FNO2/c15-13-8-10(6-7-12(13)14(17)18)9-16-11-4-2-1-3-5-11/h1-2,6-8,11,16H,3-5,9H2,(H,17,18). The molecule has 0 aliphatic heterocycles. The second-order valence-corrected chi connectivity index (χ2v) is 4.48. The number of aromatic carboxylic acids is 1. The van der Waals surface area contributed by atoms with Crippen molar-refractivity contribution in [1.82, 2.24) is 5.32 Å². The molecule has 1 aromatic rings. The van der Waals surface area contributed by atoms with E-state index in [0.717, 1.165) is 24.8 Å². The third kappa shape index (κ3) is 3.17. The van der Waals surface area contributed by atoms with Gasteiger partial charge < -0.3 is 10.4 Å². The van der Waals surface area contributed by atoms with E-state index in [0.29, 0.717) is 12.6 Å². The lowest BCUT2D eigenvalue weighted by atomic mass is 10.0. The van der Waals surface area contributed by atoms with Crippen LogP contribution in [0, 0.1) is 5.82 Å². The van der Waals surface area contributed by atoms with Crippen LogP contribution in [-0.2, 0) is 6.54 Å². The molecular formula is C14H16FNO2. The van der Waals surface area contributed by atoms with Gasteiger partial charge in [-0.2, -0.15) is 0 Å². The van der Waals surface area contributed by atoms with Gasteiger partial charge in [0.25, 0.3) is 0 Å². The predicted octanol–water partition coefficient (Wildman–Crippen LogP) is 2.72. The number of benzene rings is 1. The topological polar surface area (TPSA) is 49.3 Å². The van der Waals surface area contributed by atoms with E-state index in [-0.39, 0.29) is 5.56 Å². The van der Waals surface area contributed by atoms with Crippen molar-refractivity contribution in [3.05, 3.63) is 47.3 Å². The summed E-state index contributed by atoms with van der Waals surface area (Å²) < 4.78 is 13.4. The maximum absolute atomic E-state index is 13.4. The van der Waals surface area contributed by atoms with E-state index in [1.165, 1.54) is 12.1 Å². The van der Waals surface area contributed by atoms with E-state index in [1.807, 2.05) is 0 Å². The molecule has 1 aliphatic carbocycles. The van der Waals surface area contributed by atoms with Crippen molar-refractivity contribution >= 4 is 5.97 Å². The van der Waals surface area contributed by atoms with Crippen molar-refractivity contribution in [1.29, 1.82) is 0 Å². The Labute approximate surface area is 105 Å². The van der Waals surface area contributed by atoms with Gasteiger partial charge in [0.15, 0.2) is 0 Å². The number of carboxylic acid groups (broad SMARTS) is 1. The Morgan fingerprint density at radius 2 is 2.28 bits per heavy atom. The first kappa shape index (κ1) is 12.8. The van der Waals surface area contributed by atoms with Crippen LogP contribution >= 0.6 is 0 Å². The summed E-state index contributed by atoms with van der Waals surface area (Å²) in [6.45, 7) is 0.565. The molecule has 2 rings (SSSR count). The molecule has 18 heavy (non-hydrogen) atoms. The molecule has 0 radical (unpaired) electrons. The van der Waals surface area contributed by atoms with Crippen molar-refractivity contribution in [2.24, 2.45) is 0 Å². The third-order valence-electron chi connectivity index (χ3n) is 3.13. The minimum absolute atomic E-state index is 0.278. The number of rotatable bonds is 4. The Morgan fingerprint density at radius 3 is 2.89 bits per heavy atom. The summed E-state index contributed by atoms with van der Waals surface area (Å²) in [5.74, 6) is -1.91. The van der Waals surface area contributed by atoms with Crippen LogP contribution in [0.25, 0.3) is 0 Å². The van der Waals surface area contributed by atoms with Crippen molar-refractivity contribution in [3.8, 4) is 0 Å². The first-order chi connectivity index (χ1) is 8.66. The van der Waals surface area contributed by atoms with Gasteiger partial charge in [0, 0.05) is 12.6 Å². The van der Waals surface area contributed by atoms with E-state index >= 15 is 0 Å². The molecule has 1 aromatic carbocycles. The highest BCUT2D eigenvalue weighted by molar-refractivity contribution is 5.87. The molecule has 1 atom stereocenters. The van der Waals surface area contributed by atoms with Gasteiger partial charge in [-0.1, -0.05) is 18.2 Å². The molecule has 4 heteroatoms. The minimum atomic E-state index is -1.23.